The molecule has 22 heavy (non-hydrogen) atoms. The second-order valence-electron chi connectivity index (χ2n) is 4.54. The summed E-state index contributed by atoms with van der Waals surface area (Å²) < 4.78 is 9.61. The minimum absolute atomic E-state index is 0. The Kier molecular flexibility index (Phi) is 28.6. The van der Waals surface area contributed by atoms with Gasteiger partial charge >= 0.3 is 11.9 Å². The summed E-state index contributed by atoms with van der Waals surface area (Å²) in [6.07, 6.45) is 3.95. The molecule has 0 unspecified atom stereocenters. The van der Waals surface area contributed by atoms with Crippen molar-refractivity contribution in [1.29, 1.82) is 0 Å². The van der Waals surface area contributed by atoms with Gasteiger partial charge in [-0.15, -0.1) is 0 Å². The van der Waals surface area contributed by atoms with Crippen molar-refractivity contribution in [2.24, 2.45) is 0 Å². The van der Waals surface area contributed by atoms with Crippen LogP contribution in [-0.2, 0) is 19.1 Å². The number of carbonyl (C=O) groups is 2. The van der Waals surface area contributed by atoms with Crippen LogP contribution < -0.4 is 0 Å². The third kappa shape index (κ3) is 22.3. The normalized spacial score (nSPS) is 8.18. The average molecular weight is 522 g/mol. The van der Waals surface area contributed by atoms with Crippen LogP contribution in [0.25, 0.3) is 0 Å². The zero-order valence-corrected chi connectivity index (χ0v) is 20.0. The van der Waals surface area contributed by atoms with E-state index in [0.29, 0.717) is 24.4 Å². The van der Waals surface area contributed by atoms with Crippen molar-refractivity contribution in [2.45, 2.75) is 53.4 Å². The zero-order chi connectivity index (χ0) is 16.0. The van der Waals surface area contributed by atoms with Crippen molar-refractivity contribution in [1.82, 2.24) is 0 Å². The van der Waals surface area contributed by atoms with E-state index in [-0.39, 0.29) is 59.8 Å². The average Bonchev–Trinajstić information content (AvgIpc) is 2.39. The molecule has 0 saturated heterocycles. The second kappa shape index (κ2) is 21.0. The molecule has 0 N–H and O–H groups in total. The fourth-order valence-electron chi connectivity index (χ4n) is 0.865. The van der Waals surface area contributed by atoms with Gasteiger partial charge in [0.1, 0.15) is 0 Å². The Balaban J connectivity index is -0.000000135. The first kappa shape index (κ1) is 30.0. The van der Waals surface area contributed by atoms with Gasteiger partial charge in [-0.2, -0.15) is 0 Å². The molecule has 6 heteroatoms. The second-order valence-corrected chi connectivity index (χ2v) is 4.54. The molecule has 124 valence electrons. The van der Waals surface area contributed by atoms with Crippen molar-refractivity contribution < 1.29 is 19.1 Å². The van der Waals surface area contributed by atoms with Gasteiger partial charge in [-0.05, 0) is 26.7 Å². The Bertz CT molecular complexity index is 296. The maximum Gasteiger partial charge on any atom is 0.333 e. The minimum Gasteiger partial charge on any atom is -0.462 e. The van der Waals surface area contributed by atoms with E-state index in [2.05, 4.69) is 27.0 Å². The van der Waals surface area contributed by atoms with Crippen molar-refractivity contribution >= 4 is 59.8 Å². The molecule has 0 atom stereocenters. The van der Waals surface area contributed by atoms with Crippen molar-refractivity contribution in [3.8, 4) is 0 Å². The summed E-state index contributed by atoms with van der Waals surface area (Å²) in [5.74, 6) is -0.568. The topological polar surface area (TPSA) is 52.6 Å². The fourth-order valence-corrected chi connectivity index (χ4v) is 0.865. The van der Waals surface area contributed by atoms with E-state index in [1.807, 2.05) is 0 Å². The predicted octanol–water partition coefficient (Wildman–Crippen LogP) is 3.05. The molecular weight excluding hydrogens is 494 g/mol. The van der Waals surface area contributed by atoms with Crippen LogP contribution in [0.4, 0.5) is 0 Å². The maximum atomic E-state index is 10.7. The van der Waals surface area contributed by atoms with E-state index in [4.69, 9.17) is 9.47 Å². The van der Waals surface area contributed by atoms with Gasteiger partial charge in [0.15, 0.2) is 0 Å². The Morgan fingerprint density at radius 3 is 1.23 bits per heavy atom. The van der Waals surface area contributed by atoms with Crippen molar-refractivity contribution in [3.63, 3.8) is 0 Å². The van der Waals surface area contributed by atoms with Gasteiger partial charge in [0, 0.05) is 59.0 Å². The van der Waals surface area contributed by atoms with Crippen LogP contribution in [0, 0.1) is 0 Å². The van der Waals surface area contributed by atoms with Gasteiger partial charge in [0.25, 0.3) is 0 Å². The van der Waals surface area contributed by atoms with E-state index < -0.39 is 0 Å². The monoisotopic (exact) mass is 524 g/mol. The van der Waals surface area contributed by atoms with Gasteiger partial charge in [0.2, 0.25) is 0 Å². The molecule has 8 radical (unpaired) electrons. The van der Waals surface area contributed by atoms with Crippen molar-refractivity contribution in [2.75, 3.05) is 13.2 Å². The number of unbranched alkanes of at least 4 members (excludes halogenated alkanes) is 2. The molecule has 0 saturated carbocycles. The molecule has 0 aromatic heterocycles. The summed E-state index contributed by atoms with van der Waals surface area (Å²) in [6, 6.07) is 0. The Labute approximate surface area is 169 Å². The molecule has 0 bridgehead atoms. The SMILES string of the molecule is C=C(C)C(=O)OCCCC.C=C(C)C(=O)OCCCC.[Sn].[Sn]. The van der Waals surface area contributed by atoms with E-state index in [1.165, 1.54) is 0 Å². The molecule has 0 aromatic rings. The van der Waals surface area contributed by atoms with E-state index in [9.17, 15) is 9.59 Å². The molecule has 0 spiro atoms. The van der Waals surface area contributed by atoms with Gasteiger partial charge in [0.05, 0.1) is 13.2 Å². The Morgan fingerprint density at radius 2 is 1.05 bits per heavy atom. The molecule has 0 heterocycles. The van der Waals surface area contributed by atoms with Crippen LogP contribution in [-0.4, -0.2) is 73.0 Å². The predicted molar refractivity (Wildman–Crippen MR) is 92.9 cm³/mol. The first-order valence-electron chi connectivity index (χ1n) is 7.02. The van der Waals surface area contributed by atoms with Crippen LogP contribution in [0.1, 0.15) is 53.4 Å². The van der Waals surface area contributed by atoms with Crippen LogP contribution in [0.5, 0.6) is 0 Å². The number of rotatable bonds is 8. The van der Waals surface area contributed by atoms with Crippen LogP contribution >= 0.6 is 0 Å². The number of hydrogen-bond donors (Lipinski definition) is 0. The van der Waals surface area contributed by atoms with E-state index in [0.717, 1.165) is 25.7 Å². The summed E-state index contributed by atoms with van der Waals surface area (Å²) in [6.45, 7) is 15.3. The number of carbonyl (C=O) groups excluding carboxylic acids is 2. The van der Waals surface area contributed by atoms with Crippen LogP contribution in [0.2, 0.25) is 0 Å². The molecule has 0 aliphatic heterocycles. The molecule has 0 aromatic carbocycles. The third-order valence-corrected chi connectivity index (χ3v) is 2.16. The third-order valence-electron chi connectivity index (χ3n) is 2.16. The van der Waals surface area contributed by atoms with E-state index >= 15 is 0 Å². The first-order valence-corrected chi connectivity index (χ1v) is 7.02. The molecule has 0 amide bonds. The maximum absolute atomic E-state index is 10.7. The molecule has 0 aliphatic carbocycles. The van der Waals surface area contributed by atoms with Gasteiger partial charge < -0.3 is 9.47 Å². The zero-order valence-electron chi connectivity index (χ0n) is 14.3. The molecular formula is C16H28O4Sn2. The number of ether oxygens (including phenoxy) is 2. The minimum atomic E-state index is -0.284. The quantitative estimate of drug-likeness (QED) is 0.213. The summed E-state index contributed by atoms with van der Waals surface area (Å²) in [7, 11) is 0. The summed E-state index contributed by atoms with van der Waals surface area (Å²) in [5, 5.41) is 0. The number of hydrogen-bond acceptors (Lipinski definition) is 4. The number of esters is 2. The standard InChI is InChI=1S/2C8H14O2.2Sn/c2*1-4-5-6-10-8(9)7(2)3;;/h2*2,4-6H2,1,3H3;;. The molecule has 4 nitrogen and oxygen atoms in total. The summed E-state index contributed by atoms with van der Waals surface area (Å²) >= 11 is 0. The largest absolute Gasteiger partial charge is 0.462 e. The summed E-state index contributed by atoms with van der Waals surface area (Å²) in [5.41, 5.74) is 0.937. The molecule has 0 fully saturated rings. The van der Waals surface area contributed by atoms with Crippen LogP contribution in [0.15, 0.2) is 24.3 Å². The smallest absolute Gasteiger partial charge is 0.333 e. The van der Waals surface area contributed by atoms with Crippen LogP contribution in [0.3, 0.4) is 0 Å². The van der Waals surface area contributed by atoms with Gasteiger partial charge in [-0.1, -0.05) is 39.8 Å². The Morgan fingerprint density at radius 1 is 0.773 bits per heavy atom. The first-order chi connectivity index (χ1) is 9.36. The van der Waals surface area contributed by atoms with Crippen molar-refractivity contribution in [3.05, 3.63) is 24.3 Å². The van der Waals surface area contributed by atoms with Gasteiger partial charge in [-0.3, -0.25) is 0 Å². The fraction of sp³-hybridized carbons (Fsp3) is 0.625. The van der Waals surface area contributed by atoms with E-state index in [1.54, 1.807) is 13.8 Å². The van der Waals surface area contributed by atoms with Gasteiger partial charge in [-0.25, -0.2) is 9.59 Å². The molecule has 0 aliphatic rings. The summed E-state index contributed by atoms with van der Waals surface area (Å²) in [4.78, 5) is 21.4. The molecule has 0 rings (SSSR count). The Hall–Kier alpha value is 0.0174.